The molecule has 148 valence electrons. The van der Waals surface area contributed by atoms with Crippen molar-refractivity contribution in [2.45, 2.75) is 13.5 Å². The van der Waals surface area contributed by atoms with Crippen molar-refractivity contribution in [2.75, 3.05) is 12.4 Å². The molecular formula is C21H18ClFN4O2. The molecule has 0 aliphatic rings. The molecule has 0 aliphatic carbocycles. The number of H-pyrrole nitrogens is 1. The topological polar surface area (TPSA) is 71.9 Å². The number of hydrogen-bond acceptors (Lipinski definition) is 4. The smallest absolute Gasteiger partial charge is 0.316 e. The van der Waals surface area contributed by atoms with Crippen LogP contribution in [0.4, 0.5) is 16.0 Å². The average molecular weight is 413 g/mol. The molecule has 2 aromatic heterocycles. The molecule has 0 unspecified atom stereocenters. The molecule has 29 heavy (non-hydrogen) atoms. The number of aromatic amines is 1. The van der Waals surface area contributed by atoms with Crippen LogP contribution in [-0.2, 0) is 6.54 Å². The fourth-order valence-corrected chi connectivity index (χ4v) is 3.41. The second-order valence-corrected chi connectivity index (χ2v) is 7.10. The molecule has 0 bridgehead atoms. The van der Waals surface area contributed by atoms with E-state index in [0.717, 1.165) is 27.7 Å². The maximum Gasteiger partial charge on any atom is 0.316 e. The Morgan fingerprint density at radius 3 is 2.86 bits per heavy atom. The number of ether oxygens (including phenoxy) is 1. The third-order valence-corrected chi connectivity index (χ3v) is 4.87. The minimum atomic E-state index is -0.487. The lowest BCUT2D eigenvalue weighted by Crippen LogP contribution is -2.18. The van der Waals surface area contributed by atoms with Crippen molar-refractivity contribution in [2.24, 2.45) is 0 Å². The van der Waals surface area contributed by atoms with Crippen LogP contribution in [0, 0.1) is 12.7 Å². The van der Waals surface area contributed by atoms with E-state index in [4.69, 9.17) is 16.3 Å². The lowest BCUT2D eigenvalue weighted by molar-refractivity contribution is 0.402. The zero-order valence-corrected chi connectivity index (χ0v) is 16.5. The first-order valence-corrected chi connectivity index (χ1v) is 9.26. The van der Waals surface area contributed by atoms with Gasteiger partial charge in [0.15, 0.2) is 0 Å². The van der Waals surface area contributed by atoms with Crippen LogP contribution in [0.3, 0.4) is 0 Å². The first-order chi connectivity index (χ1) is 13.9. The highest BCUT2D eigenvalue weighted by Gasteiger charge is 2.13. The Balaban J connectivity index is 1.79. The zero-order valence-electron chi connectivity index (χ0n) is 15.8. The van der Waals surface area contributed by atoms with Crippen LogP contribution < -0.4 is 15.6 Å². The van der Waals surface area contributed by atoms with E-state index in [9.17, 15) is 9.18 Å². The van der Waals surface area contributed by atoms with E-state index in [-0.39, 0.29) is 10.8 Å². The summed E-state index contributed by atoms with van der Waals surface area (Å²) in [5, 5.41) is 4.25. The molecule has 4 aromatic rings. The van der Waals surface area contributed by atoms with Gasteiger partial charge in [0.05, 0.1) is 30.6 Å². The number of rotatable bonds is 5. The molecular weight excluding hydrogens is 395 g/mol. The van der Waals surface area contributed by atoms with E-state index in [1.807, 2.05) is 31.3 Å². The molecule has 4 rings (SSSR count). The van der Waals surface area contributed by atoms with Crippen molar-refractivity contribution < 1.29 is 9.13 Å². The maximum absolute atomic E-state index is 13.5. The van der Waals surface area contributed by atoms with Gasteiger partial charge in [0.25, 0.3) is 0 Å². The van der Waals surface area contributed by atoms with Crippen molar-refractivity contribution in [3.63, 3.8) is 0 Å². The third-order valence-electron chi connectivity index (χ3n) is 4.58. The average Bonchev–Trinajstić information content (AvgIpc) is 3.15. The Hall–Kier alpha value is -3.32. The minimum absolute atomic E-state index is 0.0330. The molecule has 0 spiro atoms. The number of benzene rings is 2. The van der Waals surface area contributed by atoms with Gasteiger partial charge in [-0.25, -0.2) is 4.39 Å². The van der Waals surface area contributed by atoms with Gasteiger partial charge in [-0.15, -0.1) is 0 Å². The fourth-order valence-electron chi connectivity index (χ4n) is 3.20. The van der Waals surface area contributed by atoms with Gasteiger partial charge in [-0.1, -0.05) is 17.7 Å². The van der Waals surface area contributed by atoms with Crippen molar-refractivity contribution in [3.8, 4) is 5.75 Å². The summed E-state index contributed by atoms with van der Waals surface area (Å²) < 4.78 is 20.4. The van der Waals surface area contributed by atoms with Gasteiger partial charge in [-0.3, -0.25) is 4.79 Å². The van der Waals surface area contributed by atoms with Gasteiger partial charge < -0.3 is 19.6 Å². The Labute approximate surface area is 170 Å². The van der Waals surface area contributed by atoms with Crippen LogP contribution in [0.5, 0.6) is 5.75 Å². The van der Waals surface area contributed by atoms with Crippen molar-refractivity contribution in [1.29, 1.82) is 0 Å². The molecule has 0 amide bonds. The molecule has 2 N–H and O–H groups in total. The molecule has 2 heterocycles. The van der Waals surface area contributed by atoms with Gasteiger partial charge in [-0.05, 0) is 48.4 Å². The Morgan fingerprint density at radius 1 is 1.28 bits per heavy atom. The monoisotopic (exact) mass is 412 g/mol. The molecule has 6 nitrogen and oxygen atoms in total. The van der Waals surface area contributed by atoms with E-state index in [0.29, 0.717) is 12.5 Å². The highest BCUT2D eigenvalue weighted by molar-refractivity contribution is 6.30. The number of halogens is 2. The van der Waals surface area contributed by atoms with E-state index in [1.54, 1.807) is 22.9 Å². The quantitative estimate of drug-likeness (QED) is 0.501. The van der Waals surface area contributed by atoms with Gasteiger partial charge in [0.2, 0.25) is 11.7 Å². The van der Waals surface area contributed by atoms with Gasteiger partial charge in [0, 0.05) is 17.1 Å². The van der Waals surface area contributed by atoms with Crippen LogP contribution in [-0.4, -0.2) is 21.6 Å². The van der Waals surface area contributed by atoms with Crippen LogP contribution in [0.15, 0.2) is 53.6 Å². The molecule has 0 saturated carbocycles. The number of anilines is 2. The molecule has 0 fully saturated rings. The zero-order chi connectivity index (χ0) is 20.5. The summed E-state index contributed by atoms with van der Waals surface area (Å²) in [6, 6.07) is 10.4. The number of fused-ring (bicyclic) bond motifs is 1. The Morgan fingerprint density at radius 2 is 2.10 bits per heavy atom. The SMILES string of the molecule is COc1cn(Cc2ccc(F)c(Cl)c2)c(Nc2cc(C)cc3[nH]ccc23)nc1=O. The van der Waals surface area contributed by atoms with Crippen LogP contribution in [0.2, 0.25) is 5.02 Å². The lowest BCUT2D eigenvalue weighted by atomic mass is 10.1. The maximum atomic E-state index is 13.5. The summed E-state index contributed by atoms with van der Waals surface area (Å²) in [5.41, 5.74) is 3.10. The van der Waals surface area contributed by atoms with Crippen molar-refractivity contribution >= 4 is 34.1 Å². The highest BCUT2D eigenvalue weighted by atomic mass is 35.5. The predicted molar refractivity (Wildman–Crippen MR) is 112 cm³/mol. The summed E-state index contributed by atoms with van der Waals surface area (Å²) in [7, 11) is 1.41. The summed E-state index contributed by atoms with van der Waals surface area (Å²) >= 11 is 5.91. The first kappa shape index (κ1) is 19.0. The van der Waals surface area contributed by atoms with E-state index >= 15 is 0 Å². The molecule has 8 heteroatoms. The number of aromatic nitrogens is 3. The Bertz CT molecular complexity index is 1270. The minimum Gasteiger partial charge on any atom is -0.490 e. The van der Waals surface area contributed by atoms with E-state index in [2.05, 4.69) is 15.3 Å². The molecule has 0 radical (unpaired) electrons. The highest BCUT2D eigenvalue weighted by Crippen LogP contribution is 2.27. The lowest BCUT2D eigenvalue weighted by Gasteiger charge is -2.16. The fraction of sp³-hybridized carbons (Fsp3) is 0.143. The number of methoxy groups -OCH3 is 1. The van der Waals surface area contributed by atoms with Crippen LogP contribution >= 0.6 is 11.6 Å². The van der Waals surface area contributed by atoms with Gasteiger partial charge in [-0.2, -0.15) is 4.98 Å². The second kappa shape index (κ2) is 7.60. The van der Waals surface area contributed by atoms with Crippen molar-refractivity contribution in [3.05, 3.63) is 81.1 Å². The molecule has 0 aliphatic heterocycles. The number of aryl methyl sites for hydroxylation is 1. The van der Waals surface area contributed by atoms with Gasteiger partial charge >= 0.3 is 5.56 Å². The number of nitrogens with zero attached hydrogens (tertiary/aromatic N) is 2. The summed E-state index contributed by atoms with van der Waals surface area (Å²) in [6.07, 6.45) is 3.42. The molecule has 0 saturated heterocycles. The summed E-state index contributed by atoms with van der Waals surface area (Å²) in [6.45, 7) is 2.30. The van der Waals surface area contributed by atoms with Crippen LogP contribution in [0.25, 0.3) is 10.9 Å². The van der Waals surface area contributed by atoms with E-state index in [1.165, 1.54) is 13.2 Å². The predicted octanol–water partition coefficient (Wildman–Crippen LogP) is 4.63. The first-order valence-electron chi connectivity index (χ1n) is 8.89. The summed E-state index contributed by atoms with van der Waals surface area (Å²) in [4.78, 5) is 19.6. The summed E-state index contributed by atoms with van der Waals surface area (Å²) in [5.74, 6) is -0.0388. The number of nitrogens with one attached hydrogen (secondary N) is 2. The Kier molecular flexibility index (Phi) is 4.98. The van der Waals surface area contributed by atoms with E-state index < -0.39 is 11.4 Å². The third kappa shape index (κ3) is 3.82. The second-order valence-electron chi connectivity index (χ2n) is 6.69. The standard InChI is InChI=1S/C21H18ClFN4O2/c1-12-7-17-14(5-6-24-17)18(8-12)25-21-26-20(28)19(29-2)11-27(21)10-13-3-4-16(23)15(22)9-13/h3-9,11,24H,10H2,1-2H3,(H,25,26,28). The normalized spacial score (nSPS) is 11.0. The van der Waals surface area contributed by atoms with Crippen molar-refractivity contribution in [1.82, 2.24) is 14.5 Å². The van der Waals surface area contributed by atoms with Gasteiger partial charge in [0.1, 0.15) is 5.82 Å². The molecule has 2 aromatic carbocycles. The number of hydrogen-bond donors (Lipinski definition) is 2. The largest absolute Gasteiger partial charge is 0.490 e. The molecule has 0 atom stereocenters. The van der Waals surface area contributed by atoms with Crippen LogP contribution in [0.1, 0.15) is 11.1 Å².